The van der Waals surface area contributed by atoms with Gasteiger partial charge in [-0.3, -0.25) is 9.69 Å². The number of fused-ring (bicyclic) bond motifs is 1. The first kappa shape index (κ1) is 22.4. The number of ether oxygens (including phenoxy) is 1. The number of para-hydroxylation sites is 1. The number of hydrogen-bond acceptors (Lipinski definition) is 4. The first-order valence-electron chi connectivity index (χ1n) is 11.9. The summed E-state index contributed by atoms with van der Waals surface area (Å²) in [4.78, 5) is 15.9. The number of rotatable bonds is 5. The number of hydrazone groups is 1. The van der Waals surface area contributed by atoms with Crippen LogP contribution in [-0.4, -0.2) is 41.7 Å². The van der Waals surface area contributed by atoms with Crippen molar-refractivity contribution in [1.82, 2.24) is 9.91 Å². The van der Waals surface area contributed by atoms with Crippen molar-refractivity contribution in [3.05, 3.63) is 100 Å². The highest BCUT2D eigenvalue weighted by Gasteiger charge is 2.35. The highest BCUT2D eigenvalue weighted by molar-refractivity contribution is 6.03. The molecule has 0 spiro atoms. The maximum Gasteiger partial charge on any atom is 0.257 e. The van der Waals surface area contributed by atoms with E-state index in [1.165, 1.54) is 22.3 Å². The van der Waals surface area contributed by atoms with Gasteiger partial charge in [-0.2, -0.15) is 5.10 Å². The summed E-state index contributed by atoms with van der Waals surface area (Å²) >= 11 is 0. The molecular formula is C29H31N3O2. The molecule has 0 aliphatic carbocycles. The Labute approximate surface area is 201 Å². The molecule has 174 valence electrons. The maximum absolute atomic E-state index is 13.6. The van der Waals surface area contributed by atoms with E-state index in [2.05, 4.69) is 61.2 Å². The molecule has 0 fully saturated rings. The average Bonchev–Trinajstić information content (AvgIpc) is 3.31. The molecule has 5 rings (SSSR count). The zero-order valence-corrected chi connectivity index (χ0v) is 20.1. The van der Waals surface area contributed by atoms with Gasteiger partial charge in [0.15, 0.2) is 0 Å². The van der Waals surface area contributed by atoms with Crippen molar-refractivity contribution in [2.45, 2.75) is 39.3 Å². The molecule has 0 radical (unpaired) electrons. The second kappa shape index (κ2) is 9.43. The van der Waals surface area contributed by atoms with Crippen LogP contribution in [0.2, 0.25) is 0 Å². The van der Waals surface area contributed by atoms with Crippen molar-refractivity contribution in [3.8, 4) is 5.75 Å². The predicted molar refractivity (Wildman–Crippen MR) is 135 cm³/mol. The van der Waals surface area contributed by atoms with Gasteiger partial charge in [0.25, 0.3) is 5.91 Å². The molecule has 34 heavy (non-hydrogen) atoms. The van der Waals surface area contributed by atoms with E-state index >= 15 is 0 Å². The van der Waals surface area contributed by atoms with Crippen LogP contribution in [0.15, 0.2) is 71.8 Å². The Morgan fingerprint density at radius 3 is 2.56 bits per heavy atom. The van der Waals surface area contributed by atoms with Crippen molar-refractivity contribution < 1.29 is 9.53 Å². The van der Waals surface area contributed by atoms with Gasteiger partial charge in [-0.05, 0) is 60.2 Å². The Morgan fingerprint density at radius 1 is 1.00 bits per heavy atom. The maximum atomic E-state index is 13.6. The van der Waals surface area contributed by atoms with Gasteiger partial charge in [0.05, 0.1) is 25.4 Å². The van der Waals surface area contributed by atoms with Gasteiger partial charge >= 0.3 is 0 Å². The fourth-order valence-electron chi connectivity index (χ4n) is 4.97. The summed E-state index contributed by atoms with van der Waals surface area (Å²) in [5.74, 6) is 0.808. The Hall–Kier alpha value is -3.44. The highest BCUT2D eigenvalue weighted by atomic mass is 16.5. The summed E-state index contributed by atoms with van der Waals surface area (Å²) in [6, 6.07) is 22.7. The van der Waals surface area contributed by atoms with Crippen LogP contribution in [0.25, 0.3) is 0 Å². The molecule has 0 bridgehead atoms. The topological polar surface area (TPSA) is 45.1 Å². The van der Waals surface area contributed by atoms with Crippen LogP contribution in [0.1, 0.15) is 45.8 Å². The molecule has 1 amide bonds. The molecule has 2 heterocycles. The van der Waals surface area contributed by atoms with E-state index in [-0.39, 0.29) is 11.9 Å². The quantitative estimate of drug-likeness (QED) is 0.543. The third-order valence-electron chi connectivity index (χ3n) is 7.07. The van der Waals surface area contributed by atoms with E-state index in [9.17, 15) is 4.79 Å². The minimum Gasteiger partial charge on any atom is -0.496 e. The number of nitrogens with zero attached hydrogens (tertiary/aromatic N) is 3. The van der Waals surface area contributed by atoms with Gasteiger partial charge in [0, 0.05) is 25.1 Å². The van der Waals surface area contributed by atoms with Crippen LogP contribution >= 0.6 is 0 Å². The van der Waals surface area contributed by atoms with Gasteiger partial charge in [0.2, 0.25) is 0 Å². The largest absolute Gasteiger partial charge is 0.496 e. The van der Waals surface area contributed by atoms with Crippen LogP contribution < -0.4 is 4.74 Å². The molecule has 1 unspecified atom stereocenters. The van der Waals surface area contributed by atoms with Crippen molar-refractivity contribution in [3.63, 3.8) is 0 Å². The second-order valence-electron chi connectivity index (χ2n) is 9.28. The van der Waals surface area contributed by atoms with Gasteiger partial charge in [0.1, 0.15) is 5.75 Å². The summed E-state index contributed by atoms with van der Waals surface area (Å²) in [5.41, 5.74) is 8.18. The fourth-order valence-corrected chi connectivity index (χ4v) is 4.97. The monoisotopic (exact) mass is 453 g/mol. The zero-order valence-electron chi connectivity index (χ0n) is 20.1. The lowest BCUT2D eigenvalue weighted by molar-refractivity contribution is -0.134. The molecule has 5 nitrogen and oxygen atoms in total. The van der Waals surface area contributed by atoms with E-state index in [1.807, 2.05) is 24.3 Å². The van der Waals surface area contributed by atoms with Crippen molar-refractivity contribution in [2.75, 3.05) is 20.2 Å². The van der Waals surface area contributed by atoms with Crippen LogP contribution in [0.3, 0.4) is 0 Å². The molecule has 0 saturated carbocycles. The lowest BCUT2D eigenvalue weighted by Gasteiger charge is -2.30. The van der Waals surface area contributed by atoms with Gasteiger partial charge in [-0.15, -0.1) is 0 Å². The van der Waals surface area contributed by atoms with E-state index in [0.717, 1.165) is 42.1 Å². The molecule has 3 aromatic carbocycles. The Morgan fingerprint density at radius 2 is 1.76 bits per heavy atom. The smallest absolute Gasteiger partial charge is 0.257 e. The highest BCUT2D eigenvalue weighted by Crippen LogP contribution is 2.37. The molecule has 0 aromatic heterocycles. The van der Waals surface area contributed by atoms with Gasteiger partial charge in [-0.1, -0.05) is 54.6 Å². The normalized spacial score (nSPS) is 17.9. The third-order valence-corrected chi connectivity index (χ3v) is 7.07. The fraction of sp³-hybridized carbons (Fsp3) is 0.310. The van der Waals surface area contributed by atoms with Crippen molar-refractivity contribution >= 4 is 11.6 Å². The summed E-state index contributed by atoms with van der Waals surface area (Å²) in [5, 5.41) is 6.59. The Bertz CT molecular complexity index is 1250. The minimum absolute atomic E-state index is 0.0223. The van der Waals surface area contributed by atoms with Crippen LogP contribution in [0, 0.1) is 13.8 Å². The third kappa shape index (κ3) is 4.36. The minimum atomic E-state index is -0.183. The molecule has 3 aromatic rings. The summed E-state index contributed by atoms with van der Waals surface area (Å²) in [7, 11) is 1.68. The number of benzene rings is 3. The number of hydrogen-bond donors (Lipinski definition) is 0. The van der Waals surface area contributed by atoms with E-state index in [1.54, 1.807) is 12.1 Å². The number of methoxy groups -OCH3 is 1. The Balaban J connectivity index is 1.43. The molecule has 2 aliphatic rings. The van der Waals surface area contributed by atoms with Gasteiger partial charge in [-0.25, -0.2) is 5.01 Å². The molecule has 0 saturated heterocycles. The second-order valence-corrected chi connectivity index (χ2v) is 9.28. The lowest BCUT2D eigenvalue weighted by atomic mass is 9.96. The summed E-state index contributed by atoms with van der Waals surface area (Å²) in [6.07, 6.45) is 1.63. The average molecular weight is 454 g/mol. The molecular weight excluding hydrogens is 422 g/mol. The number of carbonyl (C=O) groups is 1. The van der Waals surface area contributed by atoms with E-state index < -0.39 is 0 Å². The van der Waals surface area contributed by atoms with Crippen LogP contribution in [-0.2, 0) is 17.8 Å². The first-order chi connectivity index (χ1) is 16.5. The molecule has 1 atom stereocenters. The number of amides is 1. The van der Waals surface area contributed by atoms with Crippen LogP contribution in [0.4, 0.5) is 0 Å². The van der Waals surface area contributed by atoms with Crippen molar-refractivity contribution in [2.24, 2.45) is 5.10 Å². The van der Waals surface area contributed by atoms with E-state index in [0.29, 0.717) is 13.0 Å². The van der Waals surface area contributed by atoms with E-state index in [4.69, 9.17) is 9.84 Å². The summed E-state index contributed by atoms with van der Waals surface area (Å²) in [6.45, 7) is 6.25. The van der Waals surface area contributed by atoms with Crippen LogP contribution in [0.5, 0.6) is 5.75 Å². The zero-order chi connectivity index (χ0) is 23.7. The molecule has 2 aliphatic heterocycles. The summed E-state index contributed by atoms with van der Waals surface area (Å²) < 4.78 is 5.65. The number of aryl methyl sites for hydroxylation is 2. The molecule has 0 N–H and O–H groups in total. The predicted octanol–water partition coefficient (Wildman–Crippen LogP) is 5.05. The van der Waals surface area contributed by atoms with Gasteiger partial charge < -0.3 is 4.74 Å². The standard InChI is InChI=1S/C29H31N3O2/c1-20-12-13-23(16-21(20)2)26-17-27(25-10-6-7-11-28(25)34-3)32(30-26)29(33)19-31-15-14-22-8-4-5-9-24(22)18-31/h4-13,16,27H,14-15,17-19H2,1-3H3. The van der Waals surface area contributed by atoms with Crippen molar-refractivity contribution in [1.29, 1.82) is 0 Å². The molecule has 5 heteroatoms. The number of carbonyl (C=O) groups excluding carboxylic acids is 1. The lowest BCUT2D eigenvalue weighted by Crippen LogP contribution is -2.40. The Kier molecular flexibility index (Phi) is 6.20. The SMILES string of the molecule is COc1ccccc1C1CC(c2ccc(C)c(C)c2)=NN1C(=O)CN1CCc2ccccc2C1. The first-order valence-corrected chi connectivity index (χ1v) is 11.9.